The maximum Gasteiger partial charge on any atom is 0.232 e. The second-order valence-electron chi connectivity index (χ2n) is 7.82. The molecule has 3 aromatic rings. The number of aryl methyl sites for hydroxylation is 1. The van der Waals surface area contributed by atoms with Crippen LogP contribution in [0.4, 0.5) is 0 Å². The number of benzene rings is 2. The lowest BCUT2D eigenvalue weighted by atomic mass is 10.0. The molecule has 0 aliphatic heterocycles. The van der Waals surface area contributed by atoms with Gasteiger partial charge in [-0.05, 0) is 55.2 Å². The van der Waals surface area contributed by atoms with Crippen LogP contribution >= 0.6 is 0 Å². The minimum Gasteiger partial charge on any atom is -0.494 e. The summed E-state index contributed by atoms with van der Waals surface area (Å²) in [5.41, 5.74) is 4.36. The molecule has 0 saturated heterocycles. The molecule has 0 amide bonds. The number of hydrogen-bond donors (Lipinski definition) is 0. The summed E-state index contributed by atoms with van der Waals surface area (Å²) in [4.78, 5) is 8.88. The third-order valence-electron chi connectivity index (χ3n) is 5.32. The van der Waals surface area contributed by atoms with E-state index in [0.717, 1.165) is 29.0 Å². The minimum atomic E-state index is 0.494. The van der Waals surface area contributed by atoms with E-state index in [0.29, 0.717) is 19.1 Å². The molecular formula is C27H34N2O2. The van der Waals surface area contributed by atoms with Crippen molar-refractivity contribution in [1.29, 1.82) is 0 Å². The van der Waals surface area contributed by atoms with E-state index < -0.39 is 0 Å². The normalized spacial score (nSPS) is 10.8. The Labute approximate surface area is 186 Å². The Morgan fingerprint density at radius 3 is 2.06 bits per heavy atom. The van der Waals surface area contributed by atoms with E-state index in [2.05, 4.69) is 41.2 Å². The molecule has 3 rings (SSSR count). The average molecular weight is 419 g/mol. The van der Waals surface area contributed by atoms with Gasteiger partial charge in [-0.1, -0.05) is 63.3 Å². The van der Waals surface area contributed by atoms with E-state index in [1.165, 1.54) is 44.1 Å². The summed E-state index contributed by atoms with van der Waals surface area (Å²) in [6.45, 7) is 5.39. The van der Waals surface area contributed by atoms with Crippen LogP contribution in [0.1, 0.15) is 63.5 Å². The number of rotatable bonds is 13. The Hall–Kier alpha value is -2.88. The van der Waals surface area contributed by atoms with Crippen LogP contribution in [0.15, 0.2) is 60.9 Å². The summed E-state index contributed by atoms with van der Waals surface area (Å²) in [6, 6.07) is 16.6. The number of ether oxygens (including phenoxy) is 2. The summed E-state index contributed by atoms with van der Waals surface area (Å²) in [5, 5.41) is 0. The van der Waals surface area contributed by atoms with E-state index >= 15 is 0 Å². The number of hydrogen-bond acceptors (Lipinski definition) is 4. The number of nitrogens with zero attached hydrogens (tertiary/aromatic N) is 2. The summed E-state index contributed by atoms with van der Waals surface area (Å²) in [6.07, 6.45) is 12.6. The fourth-order valence-corrected chi connectivity index (χ4v) is 3.50. The van der Waals surface area contributed by atoms with Gasteiger partial charge in [0.2, 0.25) is 5.88 Å². The molecule has 0 aliphatic carbocycles. The Bertz CT molecular complexity index is 875. The average Bonchev–Trinajstić information content (AvgIpc) is 2.82. The van der Waals surface area contributed by atoms with Gasteiger partial charge in [0.15, 0.2) is 0 Å². The molecule has 2 aromatic carbocycles. The second kappa shape index (κ2) is 12.7. The predicted molar refractivity (Wildman–Crippen MR) is 126 cm³/mol. The molecule has 4 heteroatoms. The van der Waals surface area contributed by atoms with Gasteiger partial charge in [0, 0.05) is 5.56 Å². The van der Waals surface area contributed by atoms with Gasteiger partial charge in [0.1, 0.15) is 12.4 Å². The van der Waals surface area contributed by atoms with Gasteiger partial charge in [0.05, 0.1) is 24.7 Å². The fraction of sp³-hybridized carbons (Fsp3) is 0.407. The zero-order valence-electron chi connectivity index (χ0n) is 18.8. The lowest BCUT2D eigenvalue weighted by Gasteiger charge is -2.08. The van der Waals surface area contributed by atoms with Crippen LogP contribution < -0.4 is 9.47 Å². The van der Waals surface area contributed by atoms with Crippen molar-refractivity contribution in [3.05, 3.63) is 72.1 Å². The Morgan fingerprint density at radius 1 is 0.677 bits per heavy atom. The smallest absolute Gasteiger partial charge is 0.232 e. The molecule has 0 radical (unpaired) electrons. The first-order chi connectivity index (χ1) is 15.3. The molecule has 0 N–H and O–H groups in total. The van der Waals surface area contributed by atoms with Crippen molar-refractivity contribution >= 4 is 0 Å². The molecule has 0 bridgehead atoms. The zero-order chi connectivity index (χ0) is 21.7. The van der Waals surface area contributed by atoms with Gasteiger partial charge in [-0.2, -0.15) is 0 Å². The van der Waals surface area contributed by atoms with Crippen molar-refractivity contribution in [2.24, 2.45) is 0 Å². The SMILES string of the molecule is CCCCCCCCc1ccc(COc2cnc(-c3ccc(OCC)cc3)cn2)cc1. The molecule has 0 atom stereocenters. The largest absolute Gasteiger partial charge is 0.494 e. The molecule has 0 fully saturated rings. The van der Waals surface area contributed by atoms with Crippen molar-refractivity contribution in [3.8, 4) is 22.9 Å². The fourth-order valence-electron chi connectivity index (χ4n) is 3.50. The Kier molecular flexibility index (Phi) is 9.36. The van der Waals surface area contributed by atoms with E-state index in [4.69, 9.17) is 9.47 Å². The zero-order valence-corrected chi connectivity index (χ0v) is 18.8. The van der Waals surface area contributed by atoms with E-state index in [-0.39, 0.29) is 0 Å². The monoisotopic (exact) mass is 418 g/mol. The number of aromatic nitrogens is 2. The third-order valence-corrected chi connectivity index (χ3v) is 5.32. The molecule has 164 valence electrons. The topological polar surface area (TPSA) is 44.2 Å². The molecule has 0 saturated carbocycles. The molecule has 1 heterocycles. The molecular weight excluding hydrogens is 384 g/mol. The highest BCUT2D eigenvalue weighted by Gasteiger charge is 2.04. The van der Waals surface area contributed by atoms with Crippen LogP contribution in [0.3, 0.4) is 0 Å². The van der Waals surface area contributed by atoms with Crippen molar-refractivity contribution in [2.45, 2.75) is 65.4 Å². The summed E-state index contributed by atoms with van der Waals surface area (Å²) >= 11 is 0. The highest BCUT2D eigenvalue weighted by atomic mass is 16.5. The molecule has 4 nitrogen and oxygen atoms in total. The highest BCUT2D eigenvalue weighted by Crippen LogP contribution is 2.21. The van der Waals surface area contributed by atoms with Crippen molar-refractivity contribution in [2.75, 3.05) is 6.61 Å². The van der Waals surface area contributed by atoms with E-state index in [9.17, 15) is 0 Å². The Morgan fingerprint density at radius 2 is 1.39 bits per heavy atom. The van der Waals surface area contributed by atoms with Gasteiger partial charge in [-0.3, -0.25) is 0 Å². The van der Waals surface area contributed by atoms with Gasteiger partial charge in [-0.25, -0.2) is 9.97 Å². The third kappa shape index (κ3) is 7.71. The highest BCUT2D eigenvalue weighted by molar-refractivity contribution is 5.59. The van der Waals surface area contributed by atoms with Crippen molar-refractivity contribution in [3.63, 3.8) is 0 Å². The minimum absolute atomic E-state index is 0.494. The summed E-state index contributed by atoms with van der Waals surface area (Å²) < 4.78 is 11.3. The van der Waals surface area contributed by atoms with Crippen LogP contribution in [-0.2, 0) is 13.0 Å². The van der Waals surface area contributed by atoms with Gasteiger partial charge >= 0.3 is 0 Å². The maximum atomic E-state index is 5.82. The first kappa shape index (κ1) is 22.8. The van der Waals surface area contributed by atoms with Crippen molar-refractivity contribution < 1.29 is 9.47 Å². The van der Waals surface area contributed by atoms with Gasteiger partial charge < -0.3 is 9.47 Å². The van der Waals surface area contributed by atoms with Crippen LogP contribution in [0, 0.1) is 0 Å². The molecule has 0 spiro atoms. The molecule has 0 aliphatic rings. The van der Waals surface area contributed by atoms with Gasteiger partial charge in [0.25, 0.3) is 0 Å². The summed E-state index contributed by atoms with van der Waals surface area (Å²) in [5.74, 6) is 1.39. The van der Waals surface area contributed by atoms with Crippen LogP contribution in [0.25, 0.3) is 11.3 Å². The van der Waals surface area contributed by atoms with Crippen LogP contribution in [0.2, 0.25) is 0 Å². The first-order valence-electron chi connectivity index (χ1n) is 11.5. The first-order valence-corrected chi connectivity index (χ1v) is 11.5. The molecule has 1 aromatic heterocycles. The predicted octanol–water partition coefficient (Wildman–Crippen LogP) is 7.02. The number of unbranched alkanes of at least 4 members (excludes halogenated alkanes) is 5. The Balaban J connectivity index is 1.43. The summed E-state index contributed by atoms with van der Waals surface area (Å²) in [7, 11) is 0. The lowest BCUT2D eigenvalue weighted by Crippen LogP contribution is -1.99. The van der Waals surface area contributed by atoms with Crippen molar-refractivity contribution in [1.82, 2.24) is 9.97 Å². The standard InChI is InChI=1S/C27H34N2O2/c1-3-5-6-7-8-9-10-22-11-13-23(14-12-22)21-31-27-20-28-26(19-29-27)24-15-17-25(18-16-24)30-4-2/h11-20H,3-10,21H2,1-2H3. The molecule has 0 unspecified atom stereocenters. The molecule has 31 heavy (non-hydrogen) atoms. The van der Waals surface area contributed by atoms with Gasteiger partial charge in [-0.15, -0.1) is 0 Å². The van der Waals surface area contributed by atoms with E-state index in [1.807, 2.05) is 31.2 Å². The van der Waals surface area contributed by atoms with Crippen LogP contribution in [-0.4, -0.2) is 16.6 Å². The lowest BCUT2D eigenvalue weighted by molar-refractivity contribution is 0.292. The quantitative estimate of drug-likeness (QED) is 0.280. The van der Waals surface area contributed by atoms with Crippen LogP contribution in [0.5, 0.6) is 11.6 Å². The second-order valence-corrected chi connectivity index (χ2v) is 7.82. The van der Waals surface area contributed by atoms with E-state index in [1.54, 1.807) is 12.4 Å². The maximum absolute atomic E-state index is 5.82.